The summed E-state index contributed by atoms with van der Waals surface area (Å²) in [6.07, 6.45) is 12.3. The smallest absolute Gasteiger partial charge is 0.267 e. The number of nitrogens with zero attached hydrogens (tertiary/aromatic N) is 4. The molecule has 0 aromatic carbocycles. The molecule has 3 heterocycles. The van der Waals surface area contributed by atoms with Crippen molar-refractivity contribution in [2.24, 2.45) is 5.92 Å². The quantitative estimate of drug-likeness (QED) is 0.456. The summed E-state index contributed by atoms with van der Waals surface area (Å²) in [5, 5.41) is 4.63. The summed E-state index contributed by atoms with van der Waals surface area (Å²) in [5.74, 6) is 0.532. The first-order valence-corrected chi connectivity index (χ1v) is 12.8. The maximum absolute atomic E-state index is 13.4. The van der Waals surface area contributed by atoms with Crippen LogP contribution in [0, 0.1) is 5.92 Å². The molecule has 0 radical (unpaired) electrons. The van der Waals surface area contributed by atoms with E-state index in [1.54, 1.807) is 13.2 Å². The number of aromatic nitrogens is 2. The molecule has 1 aromatic heterocycles. The first-order valence-electron chi connectivity index (χ1n) is 12.8. The number of ether oxygens (including phenoxy) is 1. The summed E-state index contributed by atoms with van der Waals surface area (Å²) >= 11 is 0. The Morgan fingerprint density at radius 2 is 1.97 bits per heavy atom. The van der Waals surface area contributed by atoms with Gasteiger partial charge in [-0.3, -0.25) is 9.59 Å². The van der Waals surface area contributed by atoms with E-state index in [0.29, 0.717) is 25.1 Å². The van der Waals surface area contributed by atoms with E-state index in [0.717, 1.165) is 49.9 Å². The lowest BCUT2D eigenvalue weighted by Gasteiger charge is -2.45. The minimum absolute atomic E-state index is 0.0113. The molecule has 1 aromatic rings. The van der Waals surface area contributed by atoms with Crippen molar-refractivity contribution in [2.45, 2.75) is 83.2 Å². The zero-order chi connectivity index (χ0) is 22.3. The van der Waals surface area contributed by atoms with Crippen molar-refractivity contribution in [3.63, 3.8) is 0 Å². The minimum atomic E-state index is -0.146. The molecule has 32 heavy (non-hydrogen) atoms. The zero-order valence-electron chi connectivity index (χ0n) is 19.8. The van der Waals surface area contributed by atoms with Crippen molar-refractivity contribution >= 4 is 5.91 Å². The molecule has 2 atom stereocenters. The fraction of sp³-hybridized carbons (Fsp3) is 0.800. The molecule has 2 aliphatic heterocycles. The van der Waals surface area contributed by atoms with E-state index >= 15 is 0 Å². The number of amides is 1. The van der Waals surface area contributed by atoms with Gasteiger partial charge in [0.05, 0.1) is 5.69 Å². The van der Waals surface area contributed by atoms with Crippen molar-refractivity contribution in [3.05, 3.63) is 27.7 Å². The van der Waals surface area contributed by atoms with Crippen LogP contribution in [0.3, 0.4) is 0 Å². The van der Waals surface area contributed by atoms with E-state index in [2.05, 4.69) is 10.00 Å². The van der Waals surface area contributed by atoms with Gasteiger partial charge in [0, 0.05) is 38.9 Å². The molecule has 2 saturated heterocycles. The number of rotatable bonds is 8. The van der Waals surface area contributed by atoms with Gasteiger partial charge >= 0.3 is 0 Å². The molecule has 1 amide bonds. The normalized spacial score (nSPS) is 23.8. The topological polar surface area (TPSA) is 67.7 Å². The third-order valence-corrected chi connectivity index (χ3v) is 7.62. The number of hydrogen-bond donors (Lipinski definition) is 0. The summed E-state index contributed by atoms with van der Waals surface area (Å²) in [4.78, 5) is 30.7. The van der Waals surface area contributed by atoms with E-state index in [9.17, 15) is 9.59 Å². The highest BCUT2D eigenvalue weighted by molar-refractivity contribution is 5.75. The highest BCUT2D eigenvalue weighted by Gasteiger charge is 2.34. The van der Waals surface area contributed by atoms with Gasteiger partial charge in [0.2, 0.25) is 5.91 Å². The molecule has 3 aliphatic rings. The summed E-state index contributed by atoms with van der Waals surface area (Å²) < 4.78 is 6.65. The number of methoxy groups -OCH3 is 1. The van der Waals surface area contributed by atoms with Crippen molar-refractivity contribution in [1.29, 1.82) is 0 Å². The molecular formula is C25H40N4O3. The first kappa shape index (κ1) is 23.4. The average Bonchev–Trinajstić information content (AvgIpc) is 3.03. The number of piperidine rings is 2. The summed E-state index contributed by atoms with van der Waals surface area (Å²) in [7, 11) is 1.70. The molecule has 7 heteroatoms. The second kappa shape index (κ2) is 11.4. The van der Waals surface area contributed by atoms with Crippen LogP contribution in [0.25, 0.3) is 0 Å². The third-order valence-electron chi connectivity index (χ3n) is 7.62. The van der Waals surface area contributed by atoms with Crippen LogP contribution < -0.4 is 5.56 Å². The van der Waals surface area contributed by atoms with Crippen LogP contribution in [0.2, 0.25) is 0 Å². The van der Waals surface area contributed by atoms with Crippen LogP contribution in [0.1, 0.15) is 69.0 Å². The fourth-order valence-electron chi connectivity index (χ4n) is 5.91. The van der Waals surface area contributed by atoms with Gasteiger partial charge in [0.25, 0.3) is 5.56 Å². The van der Waals surface area contributed by atoms with Gasteiger partial charge < -0.3 is 14.5 Å². The largest absolute Gasteiger partial charge is 0.385 e. The van der Waals surface area contributed by atoms with Gasteiger partial charge in [0.1, 0.15) is 6.54 Å². The molecule has 0 unspecified atom stereocenters. The maximum atomic E-state index is 13.4. The van der Waals surface area contributed by atoms with Crippen LogP contribution in [0.4, 0.5) is 0 Å². The summed E-state index contributed by atoms with van der Waals surface area (Å²) in [6.45, 7) is 4.54. The molecule has 0 bridgehead atoms. The minimum Gasteiger partial charge on any atom is -0.385 e. The Labute approximate surface area is 192 Å². The monoisotopic (exact) mass is 444 g/mol. The number of carbonyl (C=O) groups is 1. The van der Waals surface area contributed by atoms with Gasteiger partial charge in [-0.2, -0.15) is 5.10 Å². The van der Waals surface area contributed by atoms with E-state index in [-0.39, 0.29) is 18.0 Å². The maximum Gasteiger partial charge on any atom is 0.267 e. The highest BCUT2D eigenvalue weighted by atomic mass is 16.5. The van der Waals surface area contributed by atoms with E-state index < -0.39 is 0 Å². The second-order valence-corrected chi connectivity index (χ2v) is 9.86. The lowest BCUT2D eigenvalue weighted by atomic mass is 9.83. The SMILES string of the molecule is COCCCN(C[C@@H]1CCCN2CCCC[C@H]12)C(=O)Cn1nc2c(cc1=O)CCCCC2. The molecule has 178 valence electrons. The molecule has 2 fully saturated rings. The van der Waals surface area contributed by atoms with Gasteiger partial charge in [-0.1, -0.05) is 12.8 Å². The molecule has 0 saturated carbocycles. The standard InChI is InChI=1S/C25H40N4O3/c1-32-16-8-15-28(18-21-10-7-14-27-13-6-5-12-23(21)27)25(31)19-29-24(30)17-20-9-3-2-4-11-22(20)26-29/h17,21,23H,2-16,18-19H2,1H3/t21-,23+/m0/s1. The number of aryl methyl sites for hydroxylation is 2. The fourth-order valence-corrected chi connectivity index (χ4v) is 5.91. The third kappa shape index (κ3) is 5.79. The molecular weight excluding hydrogens is 404 g/mol. The Balaban J connectivity index is 1.47. The average molecular weight is 445 g/mol. The number of hydrogen-bond acceptors (Lipinski definition) is 5. The second-order valence-electron chi connectivity index (χ2n) is 9.86. The summed E-state index contributed by atoms with van der Waals surface area (Å²) in [5.41, 5.74) is 1.94. The molecule has 4 rings (SSSR count). The van der Waals surface area contributed by atoms with Crippen molar-refractivity contribution in [2.75, 3.05) is 39.9 Å². The van der Waals surface area contributed by atoms with Crippen LogP contribution in [-0.4, -0.2) is 71.4 Å². The van der Waals surface area contributed by atoms with Crippen LogP contribution in [0.5, 0.6) is 0 Å². The van der Waals surface area contributed by atoms with Crippen LogP contribution in [0.15, 0.2) is 10.9 Å². The molecule has 7 nitrogen and oxygen atoms in total. The van der Waals surface area contributed by atoms with E-state index in [1.807, 2.05) is 4.90 Å². The zero-order valence-corrected chi connectivity index (χ0v) is 19.8. The van der Waals surface area contributed by atoms with Gasteiger partial charge in [-0.15, -0.1) is 0 Å². The van der Waals surface area contributed by atoms with Crippen molar-refractivity contribution in [3.8, 4) is 0 Å². The first-order chi connectivity index (χ1) is 15.7. The number of carbonyl (C=O) groups excluding carboxylic acids is 1. The molecule has 0 N–H and O–H groups in total. The Morgan fingerprint density at radius 1 is 1.12 bits per heavy atom. The van der Waals surface area contributed by atoms with Gasteiger partial charge in [-0.05, 0) is 82.4 Å². The van der Waals surface area contributed by atoms with Gasteiger partial charge in [-0.25, -0.2) is 4.68 Å². The highest BCUT2D eigenvalue weighted by Crippen LogP contribution is 2.31. The van der Waals surface area contributed by atoms with Crippen LogP contribution in [-0.2, 0) is 28.9 Å². The Kier molecular flexibility index (Phi) is 8.36. The van der Waals surface area contributed by atoms with Gasteiger partial charge in [0.15, 0.2) is 0 Å². The van der Waals surface area contributed by atoms with Crippen molar-refractivity contribution in [1.82, 2.24) is 19.6 Å². The Hall–Kier alpha value is -1.73. The molecule has 0 spiro atoms. The predicted octanol–water partition coefficient (Wildman–Crippen LogP) is 2.64. The molecule has 1 aliphatic carbocycles. The van der Waals surface area contributed by atoms with E-state index in [4.69, 9.17) is 4.74 Å². The van der Waals surface area contributed by atoms with Crippen LogP contribution >= 0.6 is 0 Å². The lowest BCUT2D eigenvalue weighted by Crippen LogP contribution is -2.52. The Bertz CT molecular complexity index is 822. The van der Waals surface area contributed by atoms with Crippen molar-refractivity contribution < 1.29 is 9.53 Å². The lowest BCUT2D eigenvalue weighted by molar-refractivity contribution is -0.133. The summed E-state index contributed by atoms with van der Waals surface area (Å²) in [6, 6.07) is 2.32. The number of fused-ring (bicyclic) bond motifs is 2. The Morgan fingerprint density at radius 3 is 2.84 bits per heavy atom. The van der Waals surface area contributed by atoms with E-state index in [1.165, 1.54) is 56.3 Å². The predicted molar refractivity (Wildman–Crippen MR) is 125 cm³/mol.